The quantitative estimate of drug-likeness (QED) is 0.274. The van der Waals surface area contributed by atoms with E-state index >= 15 is 0 Å². The van der Waals surface area contributed by atoms with Crippen LogP contribution in [0.2, 0.25) is 0 Å². The second-order valence-electron chi connectivity index (χ2n) is 7.03. The third-order valence-electron chi connectivity index (χ3n) is 4.85. The third-order valence-corrected chi connectivity index (χ3v) is 4.85. The average molecular weight is 322 g/mol. The standard InChI is InChI=1S/C21H41N2/c1-4-7-10-12-15-18-23-20-19-22(17-14-11-8-5-2)21(23)16-13-9-6-3/h19-20H,4-18H2,1-3H3/q+1. The van der Waals surface area contributed by atoms with Gasteiger partial charge < -0.3 is 0 Å². The molecule has 0 N–H and O–H groups in total. The van der Waals surface area contributed by atoms with Gasteiger partial charge >= 0.3 is 0 Å². The van der Waals surface area contributed by atoms with Crippen molar-refractivity contribution in [2.45, 2.75) is 117 Å². The van der Waals surface area contributed by atoms with E-state index in [0.29, 0.717) is 0 Å². The molecule has 0 fully saturated rings. The number of imidazole rings is 1. The second-order valence-corrected chi connectivity index (χ2v) is 7.03. The van der Waals surface area contributed by atoms with Crippen LogP contribution in [0.25, 0.3) is 0 Å². The summed E-state index contributed by atoms with van der Waals surface area (Å²) in [5.41, 5.74) is 0. The second kappa shape index (κ2) is 13.6. The first-order valence-corrected chi connectivity index (χ1v) is 10.4. The van der Waals surface area contributed by atoms with Crippen LogP contribution in [0.1, 0.15) is 104 Å². The summed E-state index contributed by atoms with van der Waals surface area (Å²) in [6, 6.07) is 0. The molecule has 0 saturated carbocycles. The zero-order valence-corrected chi connectivity index (χ0v) is 16.2. The van der Waals surface area contributed by atoms with E-state index in [2.05, 4.69) is 42.3 Å². The van der Waals surface area contributed by atoms with Gasteiger partial charge in [0.2, 0.25) is 0 Å². The first-order chi connectivity index (χ1) is 11.3. The molecule has 0 unspecified atom stereocenters. The number of aryl methyl sites for hydroxylation is 2. The van der Waals surface area contributed by atoms with Crippen LogP contribution >= 0.6 is 0 Å². The Morgan fingerprint density at radius 2 is 1.35 bits per heavy atom. The molecule has 0 saturated heterocycles. The molecule has 0 amide bonds. The topological polar surface area (TPSA) is 8.81 Å². The predicted molar refractivity (Wildman–Crippen MR) is 101 cm³/mol. The van der Waals surface area contributed by atoms with Crippen molar-refractivity contribution in [1.29, 1.82) is 0 Å². The van der Waals surface area contributed by atoms with E-state index in [-0.39, 0.29) is 0 Å². The lowest BCUT2D eigenvalue weighted by molar-refractivity contribution is -0.704. The molecule has 0 aromatic carbocycles. The van der Waals surface area contributed by atoms with Gasteiger partial charge in [0.05, 0.1) is 13.1 Å². The first kappa shape index (κ1) is 20.3. The summed E-state index contributed by atoms with van der Waals surface area (Å²) < 4.78 is 5.08. The highest BCUT2D eigenvalue weighted by Gasteiger charge is 2.16. The normalized spacial score (nSPS) is 11.3. The van der Waals surface area contributed by atoms with Crippen molar-refractivity contribution in [3.8, 4) is 0 Å². The van der Waals surface area contributed by atoms with Gasteiger partial charge in [-0.2, -0.15) is 0 Å². The molecule has 0 atom stereocenters. The molecule has 1 rings (SSSR count). The lowest BCUT2D eigenvalue weighted by atomic mass is 10.1. The Kier molecular flexibility index (Phi) is 12.0. The van der Waals surface area contributed by atoms with Gasteiger partial charge in [-0.15, -0.1) is 0 Å². The van der Waals surface area contributed by atoms with Crippen molar-refractivity contribution in [3.63, 3.8) is 0 Å². The van der Waals surface area contributed by atoms with Crippen LogP contribution in [0.4, 0.5) is 0 Å². The van der Waals surface area contributed by atoms with Crippen LogP contribution in [0.3, 0.4) is 0 Å². The molecule has 23 heavy (non-hydrogen) atoms. The Balaban J connectivity index is 2.51. The summed E-state index contributed by atoms with van der Waals surface area (Å²) in [5, 5.41) is 0. The molecule has 0 radical (unpaired) electrons. The fourth-order valence-corrected chi connectivity index (χ4v) is 3.32. The summed E-state index contributed by atoms with van der Waals surface area (Å²) in [7, 11) is 0. The zero-order valence-electron chi connectivity index (χ0n) is 16.2. The van der Waals surface area contributed by atoms with E-state index in [1.807, 2.05) is 0 Å². The molecule has 1 aromatic heterocycles. The van der Waals surface area contributed by atoms with Gasteiger partial charge in [0, 0.05) is 6.42 Å². The monoisotopic (exact) mass is 321 g/mol. The molecular weight excluding hydrogens is 280 g/mol. The fraction of sp³-hybridized carbons (Fsp3) is 0.857. The molecule has 134 valence electrons. The lowest BCUT2D eigenvalue weighted by Gasteiger charge is -2.06. The molecule has 2 heteroatoms. The van der Waals surface area contributed by atoms with E-state index in [1.165, 1.54) is 96.6 Å². The first-order valence-electron chi connectivity index (χ1n) is 10.4. The highest BCUT2D eigenvalue weighted by molar-refractivity contribution is 4.84. The summed E-state index contributed by atoms with van der Waals surface area (Å²) in [6.45, 7) is 9.31. The van der Waals surface area contributed by atoms with E-state index in [4.69, 9.17) is 0 Å². The van der Waals surface area contributed by atoms with Crippen molar-refractivity contribution in [3.05, 3.63) is 18.2 Å². The number of aromatic nitrogens is 2. The number of unbranched alkanes of at least 4 members (excludes halogenated alkanes) is 9. The smallest absolute Gasteiger partial charge is 0.234 e. The Labute approximate surface area is 145 Å². The van der Waals surface area contributed by atoms with E-state index < -0.39 is 0 Å². The molecule has 0 aliphatic heterocycles. The van der Waals surface area contributed by atoms with Gasteiger partial charge in [-0.1, -0.05) is 65.7 Å². The number of nitrogens with zero attached hydrogens (tertiary/aromatic N) is 2. The van der Waals surface area contributed by atoms with Crippen molar-refractivity contribution < 1.29 is 4.57 Å². The minimum Gasteiger partial charge on any atom is -0.234 e. The summed E-state index contributed by atoms with van der Waals surface area (Å²) in [4.78, 5) is 0. The van der Waals surface area contributed by atoms with Crippen molar-refractivity contribution in [2.75, 3.05) is 0 Å². The molecule has 1 aromatic rings. The molecule has 0 bridgehead atoms. The van der Waals surface area contributed by atoms with Gasteiger partial charge in [0.1, 0.15) is 12.4 Å². The summed E-state index contributed by atoms with van der Waals surface area (Å²) in [5.74, 6) is 1.57. The van der Waals surface area contributed by atoms with Crippen LogP contribution in [-0.2, 0) is 19.5 Å². The largest absolute Gasteiger partial charge is 0.256 e. The molecule has 0 aliphatic carbocycles. The van der Waals surface area contributed by atoms with Gasteiger partial charge in [0.25, 0.3) is 5.82 Å². The van der Waals surface area contributed by atoms with Crippen LogP contribution in [0, 0.1) is 0 Å². The Morgan fingerprint density at radius 3 is 2.04 bits per heavy atom. The molecule has 1 heterocycles. The Morgan fingerprint density at radius 1 is 0.739 bits per heavy atom. The molecule has 0 spiro atoms. The molecule has 2 nitrogen and oxygen atoms in total. The van der Waals surface area contributed by atoms with Gasteiger partial charge in [-0.25, -0.2) is 9.13 Å². The average Bonchev–Trinajstić information content (AvgIpc) is 2.94. The maximum absolute atomic E-state index is 2.54. The zero-order chi connectivity index (χ0) is 16.8. The summed E-state index contributed by atoms with van der Waals surface area (Å²) in [6.07, 6.45) is 22.2. The van der Waals surface area contributed by atoms with Crippen molar-refractivity contribution >= 4 is 0 Å². The van der Waals surface area contributed by atoms with E-state index in [9.17, 15) is 0 Å². The SMILES string of the molecule is CCCCCCCn1cc[n+](CCCCCC)c1CCCCC. The van der Waals surface area contributed by atoms with E-state index in [1.54, 1.807) is 5.82 Å². The van der Waals surface area contributed by atoms with Gasteiger partial charge in [0.15, 0.2) is 0 Å². The fourth-order valence-electron chi connectivity index (χ4n) is 3.32. The Bertz CT molecular complexity index is 381. The number of rotatable bonds is 15. The van der Waals surface area contributed by atoms with Gasteiger partial charge in [-0.3, -0.25) is 0 Å². The minimum absolute atomic E-state index is 1.21. The van der Waals surface area contributed by atoms with Crippen LogP contribution in [0.15, 0.2) is 12.4 Å². The molecule has 0 aliphatic rings. The third kappa shape index (κ3) is 8.58. The van der Waals surface area contributed by atoms with E-state index in [0.717, 1.165) is 0 Å². The maximum Gasteiger partial charge on any atom is 0.256 e. The minimum atomic E-state index is 1.21. The van der Waals surface area contributed by atoms with Crippen LogP contribution in [-0.4, -0.2) is 4.57 Å². The Hall–Kier alpha value is -0.790. The maximum atomic E-state index is 2.54. The highest BCUT2D eigenvalue weighted by Crippen LogP contribution is 2.09. The van der Waals surface area contributed by atoms with Crippen LogP contribution in [0.5, 0.6) is 0 Å². The van der Waals surface area contributed by atoms with Crippen molar-refractivity contribution in [1.82, 2.24) is 4.57 Å². The predicted octanol–water partition coefficient (Wildman–Crippen LogP) is 6.06. The highest BCUT2D eigenvalue weighted by atomic mass is 15.1. The van der Waals surface area contributed by atoms with Crippen LogP contribution < -0.4 is 4.57 Å². The number of hydrogen-bond donors (Lipinski definition) is 0. The molecular formula is C21H41N2+. The number of hydrogen-bond acceptors (Lipinski definition) is 0. The van der Waals surface area contributed by atoms with Crippen molar-refractivity contribution in [2.24, 2.45) is 0 Å². The lowest BCUT2D eigenvalue weighted by Crippen LogP contribution is -2.37. The van der Waals surface area contributed by atoms with Gasteiger partial charge in [-0.05, 0) is 32.1 Å². The summed E-state index contributed by atoms with van der Waals surface area (Å²) >= 11 is 0.